The van der Waals surface area contributed by atoms with Crippen molar-refractivity contribution in [3.8, 4) is 0 Å². The molecular weight excluding hydrogens is 333 g/mol. The first-order valence-corrected chi connectivity index (χ1v) is 8.99. The molecule has 0 bridgehead atoms. The monoisotopic (exact) mass is 351 g/mol. The number of benzene rings is 2. The molecule has 1 amide bonds. The molecule has 0 heterocycles. The second-order valence-electron chi connectivity index (χ2n) is 5.17. The Kier molecular flexibility index (Phi) is 6.93. The third-order valence-corrected chi connectivity index (χ3v) is 4.67. The van der Waals surface area contributed by atoms with E-state index in [-0.39, 0.29) is 17.8 Å². The molecule has 0 saturated heterocycles. The summed E-state index contributed by atoms with van der Waals surface area (Å²) in [7, 11) is 0. The number of hydrogen-bond donors (Lipinski definition) is 1. The number of thioether (sulfide) groups is 1. The van der Waals surface area contributed by atoms with Crippen molar-refractivity contribution in [1.82, 2.24) is 5.32 Å². The van der Waals surface area contributed by atoms with Gasteiger partial charge in [0.25, 0.3) is 0 Å². The van der Waals surface area contributed by atoms with Crippen molar-refractivity contribution >= 4 is 29.3 Å². The highest BCUT2D eigenvalue weighted by molar-refractivity contribution is 7.99. The molecule has 2 aromatic rings. The minimum atomic E-state index is -0.332. The van der Waals surface area contributed by atoms with Gasteiger partial charge in [0.05, 0.1) is 11.8 Å². The highest BCUT2D eigenvalue weighted by atomic mass is 35.5. The van der Waals surface area contributed by atoms with Crippen molar-refractivity contribution in [2.24, 2.45) is 0 Å². The molecule has 0 unspecified atom stereocenters. The molecule has 2 nitrogen and oxygen atoms in total. The molecule has 5 heteroatoms. The largest absolute Gasteiger partial charge is 0.349 e. The van der Waals surface area contributed by atoms with Crippen LogP contribution in [0.3, 0.4) is 0 Å². The van der Waals surface area contributed by atoms with Gasteiger partial charge in [0.2, 0.25) is 5.91 Å². The van der Waals surface area contributed by atoms with Crippen LogP contribution in [0.1, 0.15) is 30.5 Å². The zero-order valence-corrected chi connectivity index (χ0v) is 14.5. The first kappa shape index (κ1) is 17.8. The number of halogens is 2. The van der Waals surface area contributed by atoms with Gasteiger partial charge in [0, 0.05) is 10.8 Å². The first-order chi connectivity index (χ1) is 11.1. The summed E-state index contributed by atoms with van der Waals surface area (Å²) >= 11 is 7.11. The summed E-state index contributed by atoms with van der Waals surface area (Å²) in [5, 5.41) is 3.40. The molecule has 1 N–H and O–H groups in total. The molecule has 0 saturated carbocycles. The Labute approximate surface area is 145 Å². The maximum absolute atomic E-state index is 13.7. The molecular formula is C18H19ClFNOS. The van der Waals surface area contributed by atoms with E-state index in [1.165, 1.54) is 17.8 Å². The fourth-order valence-corrected chi connectivity index (χ4v) is 3.22. The Balaban J connectivity index is 1.82. The third-order valence-electron chi connectivity index (χ3n) is 3.45. The molecule has 0 aromatic heterocycles. The van der Waals surface area contributed by atoms with Crippen LogP contribution in [-0.4, -0.2) is 11.7 Å². The second kappa shape index (κ2) is 8.94. The SMILES string of the molecule is CC[C@@H](NC(=O)CSCc1ccc(Cl)cc1F)c1ccccc1. The summed E-state index contributed by atoms with van der Waals surface area (Å²) in [6, 6.07) is 14.5. The molecule has 0 aliphatic carbocycles. The van der Waals surface area contributed by atoms with Gasteiger partial charge in [-0.1, -0.05) is 54.9 Å². The molecule has 0 aliphatic heterocycles. The summed E-state index contributed by atoms with van der Waals surface area (Å²) in [5.41, 5.74) is 1.65. The van der Waals surface area contributed by atoms with E-state index in [2.05, 4.69) is 5.32 Å². The number of carbonyl (C=O) groups excluding carboxylic acids is 1. The predicted molar refractivity (Wildman–Crippen MR) is 95.2 cm³/mol. The summed E-state index contributed by atoms with van der Waals surface area (Å²) < 4.78 is 13.7. The van der Waals surface area contributed by atoms with E-state index >= 15 is 0 Å². The standard InChI is InChI=1S/C18H19ClFNOS/c1-2-17(13-6-4-3-5-7-13)21-18(22)12-23-11-14-8-9-15(19)10-16(14)20/h3-10,17H,2,11-12H2,1H3,(H,21,22)/t17-/m1/s1. The van der Waals surface area contributed by atoms with Gasteiger partial charge in [-0.05, 0) is 29.7 Å². The van der Waals surface area contributed by atoms with Gasteiger partial charge < -0.3 is 5.32 Å². The van der Waals surface area contributed by atoms with Crippen molar-refractivity contribution in [1.29, 1.82) is 0 Å². The van der Waals surface area contributed by atoms with Crippen LogP contribution < -0.4 is 5.32 Å². The molecule has 1 atom stereocenters. The average Bonchev–Trinajstić information content (AvgIpc) is 2.55. The van der Waals surface area contributed by atoms with Crippen molar-refractivity contribution < 1.29 is 9.18 Å². The Morgan fingerprint density at radius 3 is 2.65 bits per heavy atom. The second-order valence-corrected chi connectivity index (χ2v) is 6.59. The van der Waals surface area contributed by atoms with Crippen molar-refractivity contribution in [2.45, 2.75) is 25.1 Å². The van der Waals surface area contributed by atoms with Gasteiger partial charge in [0.1, 0.15) is 5.82 Å². The number of amides is 1. The fourth-order valence-electron chi connectivity index (χ4n) is 2.23. The smallest absolute Gasteiger partial charge is 0.230 e. The minimum absolute atomic E-state index is 0.0107. The van der Waals surface area contributed by atoms with E-state index < -0.39 is 0 Å². The fraction of sp³-hybridized carbons (Fsp3) is 0.278. The van der Waals surface area contributed by atoms with E-state index in [1.54, 1.807) is 12.1 Å². The van der Waals surface area contributed by atoms with Crippen LogP contribution >= 0.6 is 23.4 Å². The van der Waals surface area contributed by atoms with Crippen LogP contribution in [0.5, 0.6) is 0 Å². The summed E-state index contributed by atoms with van der Waals surface area (Å²) in [5.74, 6) is 0.366. The maximum Gasteiger partial charge on any atom is 0.230 e. The first-order valence-electron chi connectivity index (χ1n) is 7.46. The Hall–Kier alpha value is -1.52. The van der Waals surface area contributed by atoms with Gasteiger partial charge in [-0.2, -0.15) is 0 Å². The molecule has 23 heavy (non-hydrogen) atoms. The molecule has 0 aliphatic rings. The van der Waals surface area contributed by atoms with Crippen LogP contribution in [-0.2, 0) is 10.5 Å². The number of rotatable bonds is 7. The zero-order chi connectivity index (χ0) is 16.7. The molecule has 0 fully saturated rings. The van der Waals surface area contributed by atoms with E-state index in [1.807, 2.05) is 37.3 Å². The van der Waals surface area contributed by atoms with Crippen LogP contribution in [0.4, 0.5) is 4.39 Å². The quantitative estimate of drug-likeness (QED) is 0.762. The number of nitrogens with one attached hydrogen (secondary N) is 1. The summed E-state index contributed by atoms with van der Waals surface area (Å²) in [4.78, 5) is 12.1. The van der Waals surface area contributed by atoms with E-state index in [0.29, 0.717) is 22.1 Å². The van der Waals surface area contributed by atoms with E-state index in [4.69, 9.17) is 11.6 Å². The molecule has 2 rings (SSSR count). The summed E-state index contributed by atoms with van der Waals surface area (Å²) in [6.45, 7) is 2.04. The Morgan fingerprint density at radius 2 is 2.00 bits per heavy atom. The highest BCUT2D eigenvalue weighted by Crippen LogP contribution is 2.20. The van der Waals surface area contributed by atoms with Crippen molar-refractivity contribution in [3.05, 3.63) is 70.5 Å². The van der Waals surface area contributed by atoms with E-state index in [9.17, 15) is 9.18 Å². The normalized spacial score (nSPS) is 12.0. The lowest BCUT2D eigenvalue weighted by Crippen LogP contribution is -2.29. The highest BCUT2D eigenvalue weighted by Gasteiger charge is 2.12. The maximum atomic E-state index is 13.7. The minimum Gasteiger partial charge on any atom is -0.349 e. The van der Waals surface area contributed by atoms with Crippen molar-refractivity contribution in [3.63, 3.8) is 0 Å². The lowest BCUT2D eigenvalue weighted by Gasteiger charge is -2.17. The van der Waals surface area contributed by atoms with Gasteiger partial charge >= 0.3 is 0 Å². The van der Waals surface area contributed by atoms with Crippen LogP contribution in [0.25, 0.3) is 0 Å². The van der Waals surface area contributed by atoms with E-state index in [0.717, 1.165) is 12.0 Å². The van der Waals surface area contributed by atoms with Gasteiger partial charge in [-0.15, -0.1) is 11.8 Å². The third kappa shape index (κ3) is 5.56. The van der Waals surface area contributed by atoms with Crippen molar-refractivity contribution in [2.75, 3.05) is 5.75 Å². The lowest BCUT2D eigenvalue weighted by molar-refractivity contribution is -0.119. The Morgan fingerprint density at radius 1 is 1.26 bits per heavy atom. The number of hydrogen-bond acceptors (Lipinski definition) is 2. The molecule has 2 aromatic carbocycles. The van der Waals surface area contributed by atoms with Gasteiger partial charge in [-0.3, -0.25) is 4.79 Å². The summed E-state index contributed by atoms with van der Waals surface area (Å²) in [6.07, 6.45) is 0.826. The zero-order valence-electron chi connectivity index (χ0n) is 12.9. The number of carbonyl (C=O) groups is 1. The average molecular weight is 352 g/mol. The topological polar surface area (TPSA) is 29.1 Å². The van der Waals surface area contributed by atoms with Gasteiger partial charge in [-0.25, -0.2) is 4.39 Å². The molecule has 0 radical (unpaired) electrons. The molecule has 0 spiro atoms. The predicted octanol–water partition coefficient (Wildman–Crippen LogP) is 4.98. The van der Waals surface area contributed by atoms with Crippen LogP contribution in [0.15, 0.2) is 48.5 Å². The molecule has 122 valence electrons. The lowest BCUT2D eigenvalue weighted by atomic mass is 10.0. The van der Waals surface area contributed by atoms with Gasteiger partial charge in [0.15, 0.2) is 0 Å². The Bertz CT molecular complexity index is 651. The van der Waals surface area contributed by atoms with Crippen LogP contribution in [0.2, 0.25) is 5.02 Å². The van der Waals surface area contributed by atoms with Crippen LogP contribution in [0, 0.1) is 5.82 Å².